The number of aliphatic hydroxyl groups excluding tert-OH is 1. The molecule has 0 amide bonds. The average Bonchev–Trinajstić information content (AvgIpc) is 2.32. The summed E-state index contributed by atoms with van der Waals surface area (Å²) in [6.45, 7) is 5.27. The number of rotatable bonds is 10. The Bertz CT molecular complexity index is 215. The largest absolute Gasteiger partial charge is 0.389 e. The van der Waals surface area contributed by atoms with E-state index in [0.717, 1.165) is 12.8 Å². The molecule has 4 heteroatoms. The van der Waals surface area contributed by atoms with Crippen LogP contribution in [0.2, 0.25) is 0 Å². The maximum absolute atomic E-state index is 9.68. The van der Waals surface area contributed by atoms with E-state index in [1.165, 1.54) is 0 Å². The molecule has 0 radical (unpaired) electrons. The van der Waals surface area contributed by atoms with Crippen LogP contribution < -0.4 is 5.32 Å². The number of aliphatic hydroxyl groups is 1. The van der Waals surface area contributed by atoms with Crippen molar-refractivity contribution < 1.29 is 14.6 Å². The molecular weight excluding hydrogens is 218 g/mol. The molecule has 0 aromatic carbocycles. The molecule has 0 aliphatic carbocycles. The smallest absolute Gasteiger partial charge is 0.0898 e. The molecule has 0 fully saturated rings. The van der Waals surface area contributed by atoms with Gasteiger partial charge in [-0.3, -0.25) is 0 Å². The highest BCUT2D eigenvalue weighted by atomic mass is 16.5. The van der Waals surface area contributed by atoms with Crippen molar-refractivity contribution in [2.75, 3.05) is 26.9 Å². The second kappa shape index (κ2) is 10.5. The molecule has 0 bridgehead atoms. The summed E-state index contributed by atoms with van der Waals surface area (Å²) in [7, 11) is 1.63. The second-order valence-electron chi connectivity index (χ2n) is 4.17. The van der Waals surface area contributed by atoms with E-state index in [0.29, 0.717) is 19.8 Å². The quantitative estimate of drug-likeness (QED) is 0.557. The van der Waals surface area contributed by atoms with Crippen LogP contribution in [0, 0.1) is 12.3 Å². The van der Waals surface area contributed by atoms with Crippen LogP contribution in [0.15, 0.2) is 0 Å². The van der Waals surface area contributed by atoms with Crippen LogP contribution in [0.4, 0.5) is 0 Å². The highest BCUT2D eigenvalue weighted by molar-refractivity contribution is 4.98. The summed E-state index contributed by atoms with van der Waals surface area (Å²) in [4.78, 5) is 0. The summed E-state index contributed by atoms with van der Waals surface area (Å²) in [5, 5.41) is 12.8. The Morgan fingerprint density at radius 3 is 2.65 bits per heavy atom. The fourth-order valence-electron chi connectivity index (χ4n) is 1.43. The third-order valence-corrected chi connectivity index (χ3v) is 2.35. The molecule has 0 aliphatic heterocycles. The zero-order valence-corrected chi connectivity index (χ0v) is 11.1. The van der Waals surface area contributed by atoms with E-state index in [9.17, 15) is 5.11 Å². The number of nitrogens with one attached hydrogen (secondary N) is 1. The van der Waals surface area contributed by atoms with Gasteiger partial charge in [0.2, 0.25) is 0 Å². The van der Waals surface area contributed by atoms with Crippen molar-refractivity contribution in [3.63, 3.8) is 0 Å². The number of hydrogen-bond donors (Lipinski definition) is 2. The summed E-state index contributed by atoms with van der Waals surface area (Å²) in [5.74, 6) is 2.66. The van der Waals surface area contributed by atoms with Crippen molar-refractivity contribution in [2.45, 2.75) is 44.9 Å². The van der Waals surface area contributed by atoms with Gasteiger partial charge in [-0.15, -0.1) is 6.42 Å². The minimum Gasteiger partial charge on any atom is -0.389 e. The zero-order chi connectivity index (χ0) is 13.1. The second-order valence-corrected chi connectivity index (χ2v) is 4.17. The molecule has 0 saturated carbocycles. The molecular formula is C13H25NO3. The first-order valence-corrected chi connectivity index (χ1v) is 6.12. The van der Waals surface area contributed by atoms with Crippen LogP contribution in [-0.4, -0.2) is 50.2 Å². The third kappa shape index (κ3) is 9.13. The van der Waals surface area contributed by atoms with Crippen molar-refractivity contribution in [3.05, 3.63) is 0 Å². The molecule has 17 heavy (non-hydrogen) atoms. The summed E-state index contributed by atoms with van der Waals surface area (Å²) in [6, 6.07) is 0.0334. The van der Waals surface area contributed by atoms with Gasteiger partial charge in [0.1, 0.15) is 0 Å². The van der Waals surface area contributed by atoms with Gasteiger partial charge in [0.05, 0.1) is 31.5 Å². The predicted molar refractivity (Wildman–Crippen MR) is 68.8 cm³/mol. The highest BCUT2D eigenvalue weighted by Crippen LogP contribution is 1.97. The summed E-state index contributed by atoms with van der Waals surface area (Å²) >= 11 is 0. The number of ether oxygens (including phenoxy) is 2. The number of methoxy groups -OCH3 is 1. The molecule has 0 spiro atoms. The first kappa shape index (κ1) is 16.4. The lowest BCUT2D eigenvalue weighted by atomic mass is 10.2. The monoisotopic (exact) mass is 243 g/mol. The normalized spacial score (nSPS) is 16.2. The highest BCUT2D eigenvalue weighted by Gasteiger charge is 2.10. The van der Waals surface area contributed by atoms with Crippen molar-refractivity contribution in [1.82, 2.24) is 5.32 Å². The Kier molecular flexibility index (Phi) is 10.2. The standard InChI is InChI=1S/C13H25NO3/c1-5-7-12(6-2)14-8-13(15)10-17-11(3)9-16-4/h2,11-15H,5,7-10H2,1,3-4H3. The SMILES string of the molecule is C#CC(CCC)NCC(O)COC(C)COC. The molecule has 4 nitrogen and oxygen atoms in total. The minimum atomic E-state index is -0.540. The van der Waals surface area contributed by atoms with E-state index in [1.54, 1.807) is 7.11 Å². The molecule has 0 aromatic heterocycles. The van der Waals surface area contributed by atoms with Gasteiger partial charge >= 0.3 is 0 Å². The molecule has 100 valence electrons. The van der Waals surface area contributed by atoms with E-state index >= 15 is 0 Å². The van der Waals surface area contributed by atoms with Gasteiger partial charge in [0.15, 0.2) is 0 Å². The van der Waals surface area contributed by atoms with Crippen LogP contribution in [0.1, 0.15) is 26.7 Å². The summed E-state index contributed by atoms with van der Waals surface area (Å²) in [5.41, 5.74) is 0. The molecule has 0 aliphatic rings. The van der Waals surface area contributed by atoms with Gasteiger partial charge in [-0.2, -0.15) is 0 Å². The van der Waals surface area contributed by atoms with Crippen LogP contribution in [0.5, 0.6) is 0 Å². The van der Waals surface area contributed by atoms with Gasteiger partial charge in [-0.25, -0.2) is 0 Å². The molecule has 2 N–H and O–H groups in total. The Labute approximate surface area is 105 Å². The van der Waals surface area contributed by atoms with Crippen LogP contribution in [0.3, 0.4) is 0 Å². The summed E-state index contributed by atoms with van der Waals surface area (Å²) < 4.78 is 10.3. The molecule has 0 rings (SSSR count). The third-order valence-electron chi connectivity index (χ3n) is 2.35. The van der Waals surface area contributed by atoms with Gasteiger partial charge < -0.3 is 19.9 Å². The lowest BCUT2D eigenvalue weighted by molar-refractivity contribution is -0.0313. The van der Waals surface area contributed by atoms with E-state index < -0.39 is 6.10 Å². The summed E-state index contributed by atoms with van der Waals surface area (Å²) in [6.07, 6.45) is 6.77. The van der Waals surface area contributed by atoms with Crippen molar-refractivity contribution in [1.29, 1.82) is 0 Å². The fourth-order valence-corrected chi connectivity index (χ4v) is 1.43. The van der Waals surface area contributed by atoms with Gasteiger partial charge in [-0.1, -0.05) is 19.3 Å². The van der Waals surface area contributed by atoms with Gasteiger partial charge in [0, 0.05) is 13.7 Å². The van der Waals surface area contributed by atoms with E-state index in [1.807, 2.05) is 6.92 Å². The van der Waals surface area contributed by atoms with E-state index in [2.05, 4.69) is 18.2 Å². The first-order chi connectivity index (χ1) is 8.13. The Balaban J connectivity index is 3.64. The zero-order valence-electron chi connectivity index (χ0n) is 11.1. The van der Waals surface area contributed by atoms with Crippen LogP contribution in [0.25, 0.3) is 0 Å². The molecule has 0 aromatic rings. The Morgan fingerprint density at radius 2 is 2.12 bits per heavy atom. The molecule has 0 saturated heterocycles. The van der Waals surface area contributed by atoms with Crippen LogP contribution in [-0.2, 0) is 9.47 Å². The topological polar surface area (TPSA) is 50.7 Å². The molecule has 3 atom stereocenters. The Hall–Kier alpha value is -0.600. The van der Waals surface area contributed by atoms with Crippen LogP contribution >= 0.6 is 0 Å². The number of hydrogen-bond acceptors (Lipinski definition) is 4. The Morgan fingerprint density at radius 1 is 1.41 bits per heavy atom. The fraction of sp³-hybridized carbons (Fsp3) is 0.846. The van der Waals surface area contributed by atoms with Gasteiger partial charge in [-0.05, 0) is 13.3 Å². The lowest BCUT2D eigenvalue weighted by Gasteiger charge is -2.18. The average molecular weight is 243 g/mol. The molecule has 0 heterocycles. The lowest BCUT2D eigenvalue weighted by Crippen LogP contribution is -2.37. The van der Waals surface area contributed by atoms with Crippen molar-refractivity contribution in [3.8, 4) is 12.3 Å². The van der Waals surface area contributed by atoms with Gasteiger partial charge in [0.25, 0.3) is 0 Å². The maximum Gasteiger partial charge on any atom is 0.0898 e. The predicted octanol–water partition coefficient (Wildman–Crippen LogP) is 0.790. The van der Waals surface area contributed by atoms with E-state index in [-0.39, 0.29) is 12.1 Å². The van der Waals surface area contributed by atoms with Crippen molar-refractivity contribution >= 4 is 0 Å². The minimum absolute atomic E-state index is 0.00581. The number of terminal acetylenes is 1. The maximum atomic E-state index is 9.68. The molecule has 3 unspecified atom stereocenters. The van der Waals surface area contributed by atoms with Crippen molar-refractivity contribution in [2.24, 2.45) is 0 Å². The van der Waals surface area contributed by atoms with E-state index in [4.69, 9.17) is 15.9 Å². The first-order valence-electron chi connectivity index (χ1n) is 6.12.